The molecule has 22 heavy (non-hydrogen) atoms. The zero-order chi connectivity index (χ0) is 15.4. The summed E-state index contributed by atoms with van der Waals surface area (Å²) in [6.07, 6.45) is 0. The van der Waals surface area contributed by atoms with Crippen molar-refractivity contribution in [3.8, 4) is 11.1 Å². The number of halogens is 1. The number of nitrogens with one attached hydrogen (secondary N) is 1. The lowest BCUT2D eigenvalue weighted by molar-refractivity contribution is 0.628. The van der Waals surface area contributed by atoms with E-state index >= 15 is 0 Å². The van der Waals surface area contributed by atoms with E-state index in [1.807, 2.05) is 42.5 Å². The summed E-state index contributed by atoms with van der Waals surface area (Å²) in [6, 6.07) is 24.3. The molecule has 3 rings (SSSR count). The van der Waals surface area contributed by atoms with E-state index in [-0.39, 0.29) is 5.82 Å². The molecular formula is C19H14FNS. The van der Waals surface area contributed by atoms with Crippen LogP contribution in [0.15, 0.2) is 78.9 Å². The van der Waals surface area contributed by atoms with Gasteiger partial charge in [0, 0.05) is 11.3 Å². The van der Waals surface area contributed by atoms with Gasteiger partial charge < -0.3 is 5.32 Å². The molecule has 0 spiro atoms. The van der Waals surface area contributed by atoms with Crippen LogP contribution in [-0.4, -0.2) is 4.99 Å². The molecule has 0 aliphatic heterocycles. The topological polar surface area (TPSA) is 12.0 Å². The first kappa shape index (κ1) is 14.4. The zero-order valence-corrected chi connectivity index (χ0v) is 12.6. The third kappa shape index (κ3) is 3.21. The average Bonchev–Trinajstić information content (AvgIpc) is 2.58. The molecule has 0 saturated carbocycles. The zero-order valence-electron chi connectivity index (χ0n) is 11.8. The Bertz CT molecular complexity index is 782. The fraction of sp³-hybridized carbons (Fsp3) is 0. The highest BCUT2D eigenvalue weighted by atomic mass is 32.1. The van der Waals surface area contributed by atoms with Crippen LogP contribution in [0.4, 0.5) is 10.1 Å². The standard InChI is InChI=1S/C19H14FNS/c20-15-10-12-16(13-11-15)21-19(22)18-9-5-4-8-17(18)14-6-2-1-3-7-14/h1-13H,(H,21,22). The summed E-state index contributed by atoms with van der Waals surface area (Å²) in [6.45, 7) is 0. The lowest BCUT2D eigenvalue weighted by Gasteiger charge is -2.13. The van der Waals surface area contributed by atoms with E-state index in [1.54, 1.807) is 12.1 Å². The minimum atomic E-state index is -0.263. The summed E-state index contributed by atoms with van der Waals surface area (Å²) >= 11 is 5.52. The Morgan fingerprint density at radius 3 is 2.14 bits per heavy atom. The predicted octanol–water partition coefficient (Wildman–Crippen LogP) is 5.28. The number of benzene rings is 3. The molecular weight excluding hydrogens is 293 g/mol. The van der Waals surface area contributed by atoms with Gasteiger partial charge in [0.15, 0.2) is 0 Å². The van der Waals surface area contributed by atoms with Gasteiger partial charge in [-0.1, -0.05) is 66.8 Å². The van der Waals surface area contributed by atoms with Gasteiger partial charge >= 0.3 is 0 Å². The maximum Gasteiger partial charge on any atom is 0.123 e. The normalized spacial score (nSPS) is 10.2. The fourth-order valence-corrected chi connectivity index (χ4v) is 2.58. The van der Waals surface area contributed by atoms with Crippen molar-refractivity contribution in [2.45, 2.75) is 0 Å². The Morgan fingerprint density at radius 1 is 0.773 bits per heavy atom. The molecule has 0 radical (unpaired) electrons. The largest absolute Gasteiger partial charge is 0.346 e. The minimum absolute atomic E-state index is 0.263. The molecule has 0 bridgehead atoms. The van der Waals surface area contributed by atoms with Crippen LogP contribution in [0, 0.1) is 5.82 Å². The van der Waals surface area contributed by atoms with Crippen LogP contribution in [0.25, 0.3) is 11.1 Å². The molecule has 3 aromatic rings. The first-order chi connectivity index (χ1) is 10.7. The highest BCUT2D eigenvalue weighted by Crippen LogP contribution is 2.24. The molecule has 1 nitrogen and oxygen atoms in total. The molecule has 0 aromatic heterocycles. The van der Waals surface area contributed by atoms with Crippen molar-refractivity contribution in [3.63, 3.8) is 0 Å². The number of anilines is 1. The first-order valence-corrected chi connectivity index (χ1v) is 7.36. The van der Waals surface area contributed by atoms with Crippen LogP contribution in [0.5, 0.6) is 0 Å². The molecule has 1 N–H and O–H groups in total. The number of hydrogen-bond donors (Lipinski definition) is 1. The highest BCUT2D eigenvalue weighted by molar-refractivity contribution is 7.81. The van der Waals surface area contributed by atoms with Gasteiger partial charge in [0.1, 0.15) is 10.8 Å². The van der Waals surface area contributed by atoms with Crippen LogP contribution in [-0.2, 0) is 0 Å². The number of thiocarbonyl (C=S) groups is 1. The van der Waals surface area contributed by atoms with Crippen LogP contribution in [0.1, 0.15) is 5.56 Å². The van der Waals surface area contributed by atoms with Crippen molar-refractivity contribution in [2.75, 3.05) is 5.32 Å². The van der Waals surface area contributed by atoms with Crippen molar-refractivity contribution in [2.24, 2.45) is 0 Å². The molecule has 108 valence electrons. The van der Waals surface area contributed by atoms with Crippen molar-refractivity contribution in [1.82, 2.24) is 0 Å². The van der Waals surface area contributed by atoms with E-state index in [1.165, 1.54) is 12.1 Å². The van der Waals surface area contributed by atoms with Crippen LogP contribution in [0.3, 0.4) is 0 Å². The Balaban J connectivity index is 1.91. The Morgan fingerprint density at radius 2 is 1.41 bits per heavy atom. The average molecular weight is 307 g/mol. The van der Waals surface area contributed by atoms with Crippen LogP contribution in [0.2, 0.25) is 0 Å². The second-order valence-corrected chi connectivity index (χ2v) is 5.28. The molecule has 0 atom stereocenters. The minimum Gasteiger partial charge on any atom is -0.346 e. The van der Waals surface area contributed by atoms with Gasteiger partial charge in [-0.05, 0) is 35.4 Å². The van der Waals surface area contributed by atoms with E-state index in [0.29, 0.717) is 4.99 Å². The van der Waals surface area contributed by atoms with Gasteiger partial charge in [-0.3, -0.25) is 0 Å². The Hall–Kier alpha value is -2.52. The molecule has 3 heteroatoms. The van der Waals surface area contributed by atoms with E-state index < -0.39 is 0 Å². The van der Waals surface area contributed by atoms with E-state index in [2.05, 4.69) is 17.4 Å². The van der Waals surface area contributed by atoms with Crippen molar-refractivity contribution < 1.29 is 4.39 Å². The van der Waals surface area contributed by atoms with Gasteiger partial charge in [-0.2, -0.15) is 0 Å². The highest BCUT2D eigenvalue weighted by Gasteiger charge is 2.09. The van der Waals surface area contributed by atoms with Gasteiger partial charge in [-0.25, -0.2) is 4.39 Å². The molecule has 0 unspecified atom stereocenters. The van der Waals surface area contributed by atoms with Crippen molar-refractivity contribution in [1.29, 1.82) is 0 Å². The number of hydrogen-bond acceptors (Lipinski definition) is 1. The van der Waals surface area contributed by atoms with E-state index in [0.717, 1.165) is 22.4 Å². The van der Waals surface area contributed by atoms with E-state index in [9.17, 15) is 4.39 Å². The lowest BCUT2D eigenvalue weighted by atomic mass is 9.99. The Kier molecular flexibility index (Phi) is 4.26. The Labute approximate surface area is 134 Å². The van der Waals surface area contributed by atoms with Crippen LogP contribution >= 0.6 is 12.2 Å². The smallest absolute Gasteiger partial charge is 0.123 e. The third-order valence-corrected chi connectivity index (χ3v) is 3.68. The van der Waals surface area contributed by atoms with Crippen LogP contribution < -0.4 is 5.32 Å². The van der Waals surface area contributed by atoms with Gasteiger partial charge in [0.25, 0.3) is 0 Å². The summed E-state index contributed by atoms with van der Waals surface area (Å²) in [5.74, 6) is -0.263. The summed E-state index contributed by atoms with van der Waals surface area (Å²) in [5, 5.41) is 3.16. The molecule has 0 aliphatic rings. The monoisotopic (exact) mass is 307 g/mol. The molecule has 0 amide bonds. The van der Waals surface area contributed by atoms with Gasteiger partial charge in [0.05, 0.1) is 0 Å². The van der Waals surface area contributed by atoms with E-state index in [4.69, 9.17) is 12.2 Å². The third-order valence-electron chi connectivity index (χ3n) is 3.36. The molecule has 0 aliphatic carbocycles. The van der Waals surface area contributed by atoms with Gasteiger partial charge in [-0.15, -0.1) is 0 Å². The van der Waals surface area contributed by atoms with Crippen molar-refractivity contribution >= 4 is 22.9 Å². The van der Waals surface area contributed by atoms with Gasteiger partial charge in [0.2, 0.25) is 0 Å². The fourth-order valence-electron chi connectivity index (χ4n) is 2.28. The molecule has 3 aromatic carbocycles. The maximum absolute atomic E-state index is 13.0. The second-order valence-electron chi connectivity index (χ2n) is 4.87. The molecule has 0 saturated heterocycles. The summed E-state index contributed by atoms with van der Waals surface area (Å²) in [5.41, 5.74) is 3.91. The second kappa shape index (κ2) is 6.50. The summed E-state index contributed by atoms with van der Waals surface area (Å²) in [7, 11) is 0. The molecule has 0 fully saturated rings. The first-order valence-electron chi connectivity index (χ1n) is 6.95. The predicted molar refractivity (Wildman–Crippen MR) is 93.6 cm³/mol. The van der Waals surface area contributed by atoms with Crippen molar-refractivity contribution in [3.05, 3.63) is 90.2 Å². The number of rotatable bonds is 3. The SMILES string of the molecule is Fc1ccc(NC(=S)c2ccccc2-c2ccccc2)cc1. The maximum atomic E-state index is 13.0. The molecule has 0 heterocycles. The quantitative estimate of drug-likeness (QED) is 0.661. The summed E-state index contributed by atoms with van der Waals surface area (Å²) < 4.78 is 13.0. The lowest BCUT2D eigenvalue weighted by Crippen LogP contribution is -2.11. The summed E-state index contributed by atoms with van der Waals surface area (Å²) in [4.78, 5) is 0.617.